The Morgan fingerprint density at radius 2 is 2.23 bits per heavy atom. The van der Waals surface area contributed by atoms with Crippen LogP contribution in [-0.2, 0) is 0 Å². The van der Waals surface area contributed by atoms with E-state index in [-0.39, 0.29) is 0 Å². The standard InChI is InChI=1S/C10H11NOS/c1-6-5-8(12-2)10-7(9(6)11)3-4-13-10/h3-5H,11H2,1-2H3. The Bertz CT molecular complexity index is 447. The summed E-state index contributed by atoms with van der Waals surface area (Å²) in [5.74, 6) is 0.914. The number of hydrogen-bond acceptors (Lipinski definition) is 3. The fourth-order valence-electron chi connectivity index (χ4n) is 1.42. The highest BCUT2D eigenvalue weighted by atomic mass is 32.1. The summed E-state index contributed by atoms with van der Waals surface area (Å²) in [6, 6.07) is 4.01. The highest BCUT2D eigenvalue weighted by molar-refractivity contribution is 7.17. The third kappa shape index (κ3) is 1.16. The van der Waals surface area contributed by atoms with E-state index in [9.17, 15) is 0 Å². The number of rotatable bonds is 1. The van der Waals surface area contributed by atoms with Gasteiger partial charge in [0, 0.05) is 11.1 Å². The van der Waals surface area contributed by atoms with E-state index in [1.54, 1.807) is 18.4 Å². The van der Waals surface area contributed by atoms with Crippen LogP contribution < -0.4 is 10.5 Å². The topological polar surface area (TPSA) is 35.2 Å². The van der Waals surface area contributed by atoms with Crippen LogP contribution in [0.5, 0.6) is 5.75 Å². The number of fused-ring (bicyclic) bond motifs is 1. The molecule has 1 aromatic heterocycles. The molecule has 1 aromatic carbocycles. The van der Waals surface area contributed by atoms with Crippen LogP contribution in [0.25, 0.3) is 10.1 Å². The van der Waals surface area contributed by atoms with Crippen molar-refractivity contribution in [1.29, 1.82) is 0 Å². The molecule has 2 nitrogen and oxygen atoms in total. The predicted molar refractivity (Wildman–Crippen MR) is 57.5 cm³/mol. The number of anilines is 1. The molecule has 13 heavy (non-hydrogen) atoms. The fourth-order valence-corrected chi connectivity index (χ4v) is 2.32. The van der Waals surface area contributed by atoms with Gasteiger partial charge in [-0.1, -0.05) is 0 Å². The number of thiophene rings is 1. The van der Waals surface area contributed by atoms with Crippen molar-refractivity contribution in [2.45, 2.75) is 6.92 Å². The Kier molecular flexibility index (Phi) is 1.88. The van der Waals surface area contributed by atoms with Gasteiger partial charge in [-0.2, -0.15) is 0 Å². The minimum atomic E-state index is 0.858. The van der Waals surface area contributed by atoms with Crippen molar-refractivity contribution in [3.05, 3.63) is 23.1 Å². The number of benzene rings is 1. The van der Waals surface area contributed by atoms with E-state index < -0.39 is 0 Å². The second-order valence-electron chi connectivity index (χ2n) is 2.97. The summed E-state index contributed by atoms with van der Waals surface area (Å²) in [6.45, 7) is 2.00. The summed E-state index contributed by atoms with van der Waals surface area (Å²) >= 11 is 1.66. The van der Waals surface area contributed by atoms with Crippen LogP contribution in [0.1, 0.15) is 5.56 Å². The largest absolute Gasteiger partial charge is 0.495 e. The van der Waals surface area contributed by atoms with Gasteiger partial charge in [-0.3, -0.25) is 0 Å². The zero-order chi connectivity index (χ0) is 9.42. The smallest absolute Gasteiger partial charge is 0.137 e. The highest BCUT2D eigenvalue weighted by Crippen LogP contribution is 2.36. The number of methoxy groups -OCH3 is 1. The van der Waals surface area contributed by atoms with Crippen LogP contribution in [-0.4, -0.2) is 7.11 Å². The molecule has 0 bridgehead atoms. The zero-order valence-corrected chi connectivity index (χ0v) is 8.44. The summed E-state index contributed by atoms with van der Waals surface area (Å²) in [4.78, 5) is 0. The lowest BCUT2D eigenvalue weighted by Gasteiger charge is -2.06. The summed E-state index contributed by atoms with van der Waals surface area (Å²) in [5.41, 5.74) is 7.87. The third-order valence-corrected chi connectivity index (χ3v) is 3.10. The van der Waals surface area contributed by atoms with E-state index in [4.69, 9.17) is 10.5 Å². The first-order valence-electron chi connectivity index (χ1n) is 4.04. The quantitative estimate of drug-likeness (QED) is 0.707. The van der Waals surface area contributed by atoms with Crippen LogP contribution in [0.3, 0.4) is 0 Å². The second-order valence-corrected chi connectivity index (χ2v) is 3.89. The number of aryl methyl sites for hydroxylation is 1. The predicted octanol–water partition coefficient (Wildman–Crippen LogP) is 2.80. The van der Waals surface area contributed by atoms with Crippen molar-refractivity contribution in [1.82, 2.24) is 0 Å². The molecule has 68 valence electrons. The molecule has 0 atom stereocenters. The lowest BCUT2D eigenvalue weighted by Crippen LogP contribution is -1.92. The van der Waals surface area contributed by atoms with Crippen LogP contribution in [0.4, 0.5) is 5.69 Å². The van der Waals surface area contributed by atoms with Crippen molar-refractivity contribution < 1.29 is 4.74 Å². The molecule has 0 spiro atoms. The van der Waals surface area contributed by atoms with Gasteiger partial charge in [-0.05, 0) is 30.0 Å². The molecule has 2 N–H and O–H groups in total. The normalized spacial score (nSPS) is 10.6. The van der Waals surface area contributed by atoms with E-state index in [1.165, 1.54) is 0 Å². The van der Waals surface area contributed by atoms with Gasteiger partial charge in [0.2, 0.25) is 0 Å². The Morgan fingerprint density at radius 1 is 1.46 bits per heavy atom. The van der Waals surface area contributed by atoms with Gasteiger partial charge in [0.05, 0.1) is 11.8 Å². The molecular formula is C10H11NOS. The molecule has 0 fully saturated rings. The molecule has 2 aromatic rings. The average Bonchev–Trinajstić information content (AvgIpc) is 2.60. The van der Waals surface area contributed by atoms with Crippen LogP contribution in [0, 0.1) is 6.92 Å². The van der Waals surface area contributed by atoms with Crippen LogP contribution >= 0.6 is 11.3 Å². The van der Waals surface area contributed by atoms with E-state index in [2.05, 4.69) is 0 Å². The molecule has 0 aliphatic rings. The van der Waals surface area contributed by atoms with Crippen LogP contribution in [0.15, 0.2) is 17.5 Å². The maximum Gasteiger partial charge on any atom is 0.137 e. The number of nitrogen functional groups attached to an aromatic ring is 1. The van der Waals surface area contributed by atoms with Crippen molar-refractivity contribution in [3.63, 3.8) is 0 Å². The van der Waals surface area contributed by atoms with Crippen molar-refractivity contribution in [2.24, 2.45) is 0 Å². The Hall–Kier alpha value is -1.22. The third-order valence-electron chi connectivity index (χ3n) is 2.17. The van der Waals surface area contributed by atoms with E-state index in [0.29, 0.717) is 0 Å². The number of ether oxygens (including phenoxy) is 1. The minimum absolute atomic E-state index is 0.858. The molecule has 0 radical (unpaired) electrons. The van der Waals surface area contributed by atoms with E-state index in [0.717, 1.165) is 27.1 Å². The van der Waals surface area contributed by atoms with Gasteiger partial charge < -0.3 is 10.5 Å². The second kappa shape index (κ2) is 2.92. The first kappa shape index (κ1) is 8.38. The molecule has 3 heteroatoms. The maximum atomic E-state index is 5.94. The van der Waals surface area contributed by atoms with Gasteiger partial charge in [-0.15, -0.1) is 11.3 Å². The minimum Gasteiger partial charge on any atom is -0.495 e. The average molecular weight is 193 g/mol. The first-order chi connectivity index (χ1) is 6.24. The summed E-state index contributed by atoms with van der Waals surface area (Å²) in [5, 5.41) is 3.13. The highest BCUT2D eigenvalue weighted by Gasteiger charge is 2.08. The van der Waals surface area contributed by atoms with Gasteiger partial charge >= 0.3 is 0 Å². The molecule has 2 rings (SSSR count). The molecule has 0 amide bonds. The number of hydrogen-bond donors (Lipinski definition) is 1. The monoisotopic (exact) mass is 193 g/mol. The fraction of sp³-hybridized carbons (Fsp3) is 0.200. The summed E-state index contributed by atoms with van der Waals surface area (Å²) in [6.07, 6.45) is 0. The Morgan fingerprint density at radius 3 is 2.92 bits per heavy atom. The zero-order valence-electron chi connectivity index (χ0n) is 7.63. The van der Waals surface area contributed by atoms with E-state index >= 15 is 0 Å². The number of nitrogens with two attached hydrogens (primary N) is 1. The molecular weight excluding hydrogens is 182 g/mol. The SMILES string of the molecule is COc1cc(C)c(N)c2ccsc12. The van der Waals surface area contributed by atoms with Crippen molar-refractivity contribution in [3.8, 4) is 5.75 Å². The summed E-state index contributed by atoms with van der Waals surface area (Å²) < 4.78 is 6.41. The molecule has 0 saturated heterocycles. The van der Waals surface area contributed by atoms with Gasteiger partial charge in [-0.25, -0.2) is 0 Å². The van der Waals surface area contributed by atoms with Crippen LogP contribution in [0.2, 0.25) is 0 Å². The summed E-state index contributed by atoms with van der Waals surface area (Å²) in [7, 11) is 1.68. The lowest BCUT2D eigenvalue weighted by atomic mass is 10.1. The van der Waals surface area contributed by atoms with Crippen molar-refractivity contribution >= 4 is 27.1 Å². The lowest BCUT2D eigenvalue weighted by molar-refractivity contribution is 0.420. The molecule has 0 aliphatic carbocycles. The Balaban J connectivity index is 2.87. The molecule has 1 heterocycles. The van der Waals surface area contributed by atoms with Gasteiger partial charge in [0.1, 0.15) is 5.75 Å². The van der Waals surface area contributed by atoms with Gasteiger partial charge in [0.15, 0.2) is 0 Å². The Labute approximate surface area is 80.9 Å². The molecule has 0 unspecified atom stereocenters. The van der Waals surface area contributed by atoms with Gasteiger partial charge in [0.25, 0.3) is 0 Å². The molecule has 0 saturated carbocycles. The maximum absolute atomic E-state index is 5.94. The van der Waals surface area contributed by atoms with E-state index in [1.807, 2.05) is 24.4 Å². The first-order valence-corrected chi connectivity index (χ1v) is 4.92. The van der Waals surface area contributed by atoms with Crippen molar-refractivity contribution in [2.75, 3.05) is 12.8 Å². The molecule has 0 aliphatic heterocycles.